The third-order valence-electron chi connectivity index (χ3n) is 2.62. The van der Waals surface area contributed by atoms with Crippen molar-refractivity contribution in [3.63, 3.8) is 0 Å². The van der Waals surface area contributed by atoms with Crippen LogP contribution in [0.15, 0.2) is 18.2 Å². The molecule has 1 aromatic rings. The molecule has 0 heterocycles. The van der Waals surface area contributed by atoms with Crippen LogP contribution < -0.4 is 4.74 Å². The van der Waals surface area contributed by atoms with Gasteiger partial charge < -0.3 is 9.84 Å². The van der Waals surface area contributed by atoms with Crippen LogP contribution in [-0.4, -0.2) is 22.1 Å². The summed E-state index contributed by atoms with van der Waals surface area (Å²) in [6.07, 6.45) is 1.27. The lowest BCUT2D eigenvalue weighted by Crippen LogP contribution is -2.16. The topological polar surface area (TPSA) is 89.7 Å². The van der Waals surface area contributed by atoms with Gasteiger partial charge in [0.15, 0.2) is 5.56 Å². The van der Waals surface area contributed by atoms with Crippen LogP contribution in [-0.2, 0) is 0 Å². The number of nitro benzene ring substituents is 1. The molecule has 1 aromatic carbocycles. The van der Waals surface area contributed by atoms with Gasteiger partial charge >= 0.3 is 5.97 Å². The molecule has 6 heteroatoms. The molecule has 0 aromatic heterocycles. The van der Waals surface area contributed by atoms with Crippen LogP contribution in [0.25, 0.3) is 0 Å². The van der Waals surface area contributed by atoms with E-state index in [-0.39, 0.29) is 11.9 Å². The number of aromatic carboxylic acids is 1. The van der Waals surface area contributed by atoms with Crippen LogP contribution in [0.1, 0.15) is 37.0 Å². The lowest BCUT2D eigenvalue weighted by molar-refractivity contribution is -0.385. The molecule has 1 rings (SSSR count). The Morgan fingerprint density at radius 1 is 1.44 bits per heavy atom. The van der Waals surface area contributed by atoms with Crippen molar-refractivity contribution in [3.05, 3.63) is 33.9 Å². The van der Waals surface area contributed by atoms with Gasteiger partial charge in [0.25, 0.3) is 5.69 Å². The standard InChI is InChI=1S/C12H15NO5/c1-3-8(4-2)18-10-7-5-6-9(13(16)17)11(10)12(14)15/h5-8H,3-4H2,1-2H3,(H,14,15). The molecule has 0 unspecified atom stereocenters. The molecule has 0 saturated carbocycles. The summed E-state index contributed by atoms with van der Waals surface area (Å²) in [5, 5.41) is 19.9. The largest absolute Gasteiger partial charge is 0.489 e. The van der Waals surface area contributed by atoms with Crippen molar-refractivity contribution >= 4 is 11.7 Å². The Morgan fingerprint density at radius 3 is 2.50 bits per heavy atom. The van der Waals surface area contributed by atoms with E-state index in [2.05, 4.69) is 0 Å². The monoisotopic (exact) mass is 253 g/mol. The molecule has 0 fully saturated rings. The van der Waals surface area contributed by atoms with Crippen LogP contribution in [0.5, 0.6) is 5.75 Å². The maximum absolute atomic E-state index is 11.1. The second-order valence-corrected chi connectivity index (χ2v) is 3.77. The van der Waals surface area contributed by atoms with E-state index in [1.807, 2.05) is 13.8 Å². The summed E-state index contributed by atoms with van der Waals surface area (Å²) in [7, 11) is 0. The molecular weight excluding hydrogens is 238 g/mol. The van der Waals surface area contributed by atoms with Gasteiger partial charge in [-0.05, 0) is 18.9 Å². The molecule has 0 spiro atoms. The first-order valence-corrected chi connectivity index (χ1v) is 5.68. The average molecular weight is 253 g/mol. The Kier molecular flexibility index (Phi) is 4.65. The minimum Gasteiger partial charge on any atom is -0.489 e. The van der Waals surface area contributed by atoms with E-state index in [4.69, 9.17) is 9.84 Å². The van der Waals surface area contributed by atoms with Crippen molar-refractivity contribution < 1.29 is 19.6 Å². The molecule has 98 valence electrons. The maximum Gasteiger partial charge on any atom is 0.346 e. The number of rotatable bonds is 6. The lowest BCUT2D eigenvalue weighted by atomic mass is 10.1. The van der Waals surface area contributed by atoms with E-state index in [9.17, 15) is 14.9 Å². The number of benzene rings is 1. The number of nitro groups is 1. The van der Waals surface area contributed by atoms with Gasteiger partial charge in [-0.2, -0.15) is 0 Å². The highest BCUT2D eigenvalue weighted by Gasteiger charge is 2.25. The fraction of sp³-hybridized carbons (Fsp3) is 0.417. The van der Waals surface area contributed by atoms with Crippen molar-refractivity contribution in [1.29, 1.82) is 0 Å². The van der Waals surface area contributed by atoms with Crippen LogP contribution in [0.4, 0.5) is 5.69 Å². The second-order valence-electron chi connectivity index (χ2n) is 3.77. The van der Waals surface area contributed by atoms with E-state index in [0.29, 0.717) is 12.8 Å². The number of nitrogens with zero attached hydrogens (tertiary/aromatic N) is 1. The Hall–Kier alpha value is -2.11. The number of hydrogen-bond donors (Lipinski definition) is 1. The lowest BCUT2D eigenvalue weighted by Gasteiger charge is -2.16. The van der Waals surface area contributed by atoms with E-state index >= 15 is 0 Å². The smallest absolute Gasteiger partial charge is 0.346 e. The van der Waals surface area contributed by atoms with E-state index in [0.717, 1.165) is 6.07 Å². The Labute approximate surface area is 104 Å². The summed E-state index contributed by atoms with van der Waals surface area (Å²) in [5.41, 5.74) is -0.847. The number of carboxylic acids is 1. The molecular formula is C12H15NO5. The van der Waals surface area contributed by atoms with Crippen molar-refractivity contribution in [3.8, 4) is 5.75 Å². The van der Waals surface area contributed by atoms with Crippen LogP contribution >= 0.6 is 0 Å². The molecule has 0 aliphatic carbocycles. The minimum atomic E-state index is -1.36. The van der Waals surface area contributed by atoms with Crippen molar-refractivity contribution in [2.24, 2.45) is 0 Å². The maximum atomic E-state index is 11.1. The van der Waals surface area contributed by atoms with E-state index in [1.165, 1.54) is 12.1 Å². The highest BCUT2D eigenvalue weighted by Crippen LogP contribution is 2.29. The van der Waals surface area contributed by atoms with Gasteiger partial charge in [0.2, 0.25) is 0 Å². The Morgan fingerprint density at radius 2 is 2.06 bits per heavy atom. The van der Waals surface area contributed by atoms with Gasteiger partial charge in [0, 0.05) is 6.07 Å². The van der Waals surface area contributed by atoms with E-state index < -0.39 is 22.1 Å². The highest BCUT2D eigenvalue weighted by atomic mass is 16.6. The second kappa shape index (κ2) is 6.00. The van der Waals surface area contributed by atoms with E-state index in [1.54, 1.807) is 0 Å². The summed E-state index contributed by atoms with van der Waals surface area (Å²) < 4.78 is 5.51. The first-order chi connectivity index (χ1) is 8.51. The third-order valence-corrected chi connectivity index (χ3v) is 2.62. The predicted octanol–water partition coefficient (Wildman–Crippen LogP) is 2.86. The number of carboxylic acid groups (broad SMARTS) is 1. The quantitative estimate of drug-likeness (QED) is 0.621. The molecule has 1 N–H and O–H groups in total. The number of ether oxygens (including phenoxy) is 1. The fourth-order valence-corrected chi connectivity index (χ4v) is 1.62. The summed E-state index contributed by atoms with van der Waals surface area (Å²) in [6.45, 7) is 3.82. The van der Waals surface area contributed by atoms with Gasteiger partial charge in [-0.3, -0.25) is 10.1 Å². The molecule has 0 saturated heterocycles. The summed E-state index contributed by atoms with van der Waals surface area (Å²) in [4.78, 5) is 21.2. The van der Waals surface area contributed by atoms with Gasteiger partial charge in [-0.1, -0.05) is 19.9 Å². The SMILES string of the molecule is CCC(CC)Oc1cccc([N+](=O)[O-])c1C(=O)O. The predicted molar refractivity (Wildman–Crippen MR) is 65.1 cm³/mol. The molecule has 0 aliphatic rings. The van der Waals surface area contributed by atoms with Crippen LogP contribution in [0.2, 0.25) is 0 Å². The summed E-state index contributed by atoms with van der Waals surface area (Å²) >= 11 is 0. The molecule has 0 radical (unpaired) electrons. The molecule has 0 amide bonds. The van der Waals surface area contributed by atoms with Gasteiger partial charge in [0.05, 0.1) is 11.0 Å². The summed E-state index contributed by atoms with van der Waals surface area (Å²) in [5.74, 6) is -1.31. The Bertz CT molecular complexity index is 454. The van der Waals surface area contributed by atoms with Gasteiger partial charge in [0.1, 0.15) is 5.75 Å². The number of hydrogen-bond acceptors (Lipinski definition) is 4. The zero-order chi connectivity index (χ0) is 13.7. The molecule has 6 nitrogen and oxygen atoms in total. The first-order valence-electron chi connectivity index (χ1n) is 5.68. The molecule has 18 heavy (non-hydrogen) atoms. The third kappa shape index (κ3) is 2.97. The highest BCUT2D eigenvalue weighted by molar-refractivity contribution is 5.95. The summed E-state index contributed by atoms with van der Waals surface area (Å²) in [6, 6.07) is 4.01. The van der Waals surface area contributed by atoms with Gasteiger partial charge in [-0.15, -0.1) is 0 Å². The molecule has 0 bridgehead atoms. The normalized spacial score (nSPS) is 10.4. The Balaban J connectivity index is 3.22. The fourth-order valence-electron chi connectivity index (χ4n) is 1.62. The minimum absolute atomic E-state index is 0.0467. The zero-order valence-electron chi connectivity index (χ0n) is 10.3. The van der Waals surface area contributed by atoms with Crippen LogP contribution in [0.3, 0.4) is 0 Å². The van der Waals surface area contributed by atoms with Crippen LogP contribution in [0, 0.1) is 10.1 Å². The average Bonchev–Trinajstić information content (AvgIpc) is 2.35. The molecule has 0 atom stereocenters. The first kappa shape index (κ1) is 14.0. The van der Waals surface area contributed by atoms with Crippen molar-refractivity contribution in [2.45, 2.75) is 32.8 Å². The van der Waals surface area contributed by atoms with Crippen molar-refractivity contribution in [2.75, 3.05) is 0 Å². The van der Waals surface area contributed by atoms with Crippen molar-refractivity contribution in [1.82, 2.24) is 0 Å². The molecule has 0 aliphatic heterocycles. The van der Waals surface area contributed by atoms with Gasteiger partial charge in [-0.25, -0.2) is 4.79 Å². The number of carbonyl (C=O) groups is 1. The zero-order valence-corrected chi connectivity index (χ0v) is 10.3.